The van der Waals surface area contributed by atoms with Crippen molar-refractivity contribution < 1.29 is 38.2 Å². The van der Waals surface area contributed by atoms with Crippen molar-refractivity contribution in [3.63, 3.8) is 0 Å². The van der Waals surface area contributed by atoms with Crippen LogP contribution in [0.25, 0.3) is 0 Å². The Morgan fingerprint density at radius 1 is 1.00 bits per heavy atom. The molecule has 4 N–H and O–H groups in total. The van der Waals surface area contributed by atoms with Crippen LogP contribution in [-0.4, -0.2) is 109 Å². The average Bonchev–Trinajstić information content (AvgIpc) is 3.59. The topological polar surface area (TPSA) is 157 Å². The van der Waals surface area contributed by atoms with E-state index in [-0.39, 0.29) is 60.3 Å². The normalized spacial score (nSPS) is 19.3. The van der Waals surface area contributed by atoms with Gasteiger partial charge in [-0.3, -0.25) is 19.2 Å². The number of carbonyl (C=O) groups excluding carboxylic acids is 4. The van der Waals surface area contributed by atoms with E-state index in [1.54, 1.807) is 36.9 Å². The van der Waals surface area contributed by atoms with E-state index in [2.05, 4.69) is 16.0 Å². The third-order valence-corrected chi connectivity index (χ3v) is 10.9. The van der Waals surface area contributed by atoms with Gasteiger partial charge in [0.05, 0.1) is 24.6 Å². The first-order chi connectivity index (χ1) is 24.4. The zero-order valence-electron chi connectivity index (χ0n) is 33.1. The number of nitrogens with one attached hydrogen (secondary N) is 3. The van der Waals surface area contributed by atoms with Gasteiger partial charge in [0.15, 0.2) is 0 Å². The molecule has 0 saturated carbocycles. The molecule has 0 spiro atoms. The molecule has 294 valence electrons. The lowest BCUT2D eigenvalue weighted by Crippen LogP contribution is -2.59. The lowest BCUT2D eigenvalue weighted by molar-refractivity contribution is -0.146. The average molecular weight is 734 g/mol. The van der Waals surface area contributed by atoms with Crippen molar-refractivity contribution >= 4 is 29.6 Å². The van der Waals surface area contributed by atoms with Crippen molar-refractivity contribution in [3.05, 3.63) is 35.6 Å². The van der Waals surface area contributed by atoms with Crippen molar-refractivity contribution in [2.75, 3.05) is 27.7 Å². The number of amides is 4. The second-order valence-electron chi connectivity index (χ2n) is 15.2. The molecule has 3 unspecified atom stereocenters. The van der Waals surface area contributed by atoms with Gasteiger partial charge in [0, 0.05) is 39.1 Å². The van der Waals surface area contributed by atoms with E-state index in [1.165, 1.54) is 25.3 Å². The van der Waals surface area contributed by atoms with Crippen LogP contribution >= 0.6 is 0 Å². The lowest BCUT2D eigenvalue weighted by Gasteiger charge is -2.41. The SMILES string of the molecule is CC[C@H](C)C(C(CC(=O)N1CCC[C@H]1[C@H](C)[C@@H](C)C(=O)NC(Cc1cccc(F)c1)C(=O)O)OC)N(C)C(=O)[C@@H](NC(=O)[C@@H](NC)C(C)C)C(C)C. The molecule has 9 atom stereocenters. The fraction of sp³-hybridized carbons (Fsp3) is 0.718. The summed E-state index contributed by atoms with van der Waals surface area (Å²) in [5.74, 6) is -3.96. The molecule has 12 nitrogen and oxygen atoms in total. The van der Waals surface area contributed by atoms with Gasteiger partial charge in [-0.15, -0.1) is 0 Å². The zero-order valence-corrected chi connectivity index (χ0v) is 33.1. The standard InChI is InChI=1S/C39H64FN5O7/c1-12-24(6)35(44(10)38(49)34(23(4)5)43-37(48)33(41-9)22(2)3)31(52-11)21-32(46)45-18-14-17-30(45)25(7)26(8)36(47)42-29(39(50)51)20-27-15-13-16-28(40)19-27/h13,15-16,19,22-26,29-31,33-35,41H,12,14,17-18,20-21H2,1-11H3,(H,42,47)(H,43,48)(H,50,51)/t24-,25+,26+,29?,30-,31?,33-,34-,35?/m0/s1. The Morgan fingerprint density at radius 3 is 2.15 bits per heavy atom. The predicted octanol–water partition coefficient (Wildman–Crippen LogP) is 3.86. The highest BCUT2D eigenvalue weighted by Gasteiger charge is 2.42. The first-order valence-corrected chi connectivity index (χ1v) is 18.7. The predicted molar refractivity (Wildman–Crippen MR) is 199 cm³/mol. The monoisotopic (exact) mass is 733 g/mol. The highest BCUT2D eigenvalue weighted by molar-refractivity contribution is 5.90. The number of hydrogen-bond acceptors (Lipinski definition) is 7. The van der Waals surface area contributed by atoms with Crippen LogP contribution in [0.4, 0.5) is 4.39 Å². The third-order valence-electron chi connectivity index (χ3n) is 10.9. The number of aliphatic carboxylic acids is 1. The molecule has 4 amide bonds. The van der Waals surface area contributed by atoms with E-state index < -0.39 is 53.9 Å². The largest absolute Gasteiger partial charge is 0.480 e. The van der Waals surface area contributed by atoms with E-state index >= 15 is 0 Å². The molecule has 1 heterocycles. The molecule has 1 aliphatic heterocycles. The van der Waals surface area contributed by atoms with Crippen LogP contribution < -0.4 is 16.0 Å². The molecule has 13 heteroatoms. The first-order valence-electron chi connectivity index (χ1n) is 18.7. The smallest absolute Gasteiger partial charge is 0.326 e. The van der Waals surface area contributed by atoms with E-state index in [9.17, 15) is 33.5 Å². The highest BCUT2D eigenvalue weighted by atomic mass is 19.1. The molecule has 52 heavy (non-hydrogen) atoms. The maximum Gasteiger partial charge on any atom is 0.326 e. The Morgan fingerprint density at radius 2 is 1.63 bits per heavy atom. The van der Waals surface area contributed by atoms with Crippen molar-refractivity contribution in [3.8, 4) is 0 Å². The van der Waals surface area contributed by atoms with Gasteiger partial charge in [-0.2, -0.15) is 0 Å². The lowest BCUT2D eigenvalue weighted by atomic mass is 9.86. The van der Waals surface area contributed by atoms with Crippen LogP contribution in [0.15, 0.2) is 24.3 Å². The first kappa shape index (κ1) is 44.6. The number of nitrogens with zero attached hydrogens (tertiary/aromatic N) is 2. The van der Waals surface area contributed by atoms with Gasteiger partial charge in [-0.1, -0.05) is 73.9 Å². The van der Waals surface area contributed by atoms with Crippen LogP contribution in [-0.2, 0) is 35.1 Å². The minimum atomic E-state index is -1.24. The van der Waals surface area contributed by atoms with E-state index in [1.807, 2.05) is 48.5 Å². The molecule has 1 saturated heterocycles. The zero-order chi connectivity index (χ0) is 39.4. The Hall–Kier alpha value is -3.58. The Labute approximate surface area is 310 Å². The quantitative estimate of drug-likeness (QED) is 0.157. The molecular formula is C39H64FN5O7. The third kappa shape index (κ3) is 11.7. The van der Waals surface area contributed by atoms with Gasteiger partial charge in [0.25, 0.3) is 0 Å². The molecule has 1 aliphatic rings. The number of halogens is 1. The summed E-state index contributed by atoms with van der Waals surface area (Å²) >= 11 is 0. The Bertz CT molecular complexity index is 1360. The number of rotatable bonds is 20. The molecule has 1 aromatic rings. The Balaban J connectivity index is 2.22. The second kappa shape index (κ2) is 20.6. The van der Waals surface area contributed by atoms with Gasteiger partial charge >= 0.3 is 5.97 Å². The molecular weight excluding hydrogens is 669 g/mol. The minimum absolute atomic E-state index is 0.00945. The molecule has 1 aromatic carbocycles. The van der Waals surface area contributed by atoms with Gasteiger partial charge in [-0.25, -0.2) is 9.18 Å². The summed E-state index contributed by atoms with van der Waals surface area (Å²) in [6.45, 7) is 15.8. The van der Waals surface area contributed by atoms with Crippen LogP contribution in [0.5, 0.6) is 0 Å². The summed E-state index contributed by atoms with van der Waals surface area (Å²) in [6, 6.07) is 2.41. The van der Waals surface area contributed by atoms with Crippen molar-refractivity contribution in [1.29, 1.82) is 0 Å². The summed E-state index contributed by atoms with van der Waals surface area (Å²) in [7, 11) is 4.95. The van der Waals surface area contributed by atoms with Crippen molar-refractivity contribution in [2.45, 2.75) is 124 Å². The van der Waals surface area contributed by atoms with Gasteiger partial charge < -0.3 is 35.6 Å². The van der Waals surface area contributed by atoms with E-state index in [0.29, 0.717) is 18.5 Å². The highest BCUT2D eigenvalue weighted by Crippen LogP contribution is 2.31. The number of benzene rings is 1. The fourth-order valence-electron chi connectivity index (χ4n) is 7.39. The number of methoxy groups -OCH3 is 1. The molecule has 0 radical (unpaired) electrons. The maximum atomic E-state index is 14.1. The molecule has 0 bridgehead atoms. The van der Waals surface area contributed by atoms with Gasteiger partial charge in [0.2, 0.25) is 23.6 Å². The summed E-state index contributed by atoms with van der Waals surface area (Å²) in [5, 5.41) is 18.4. The minimum Gasteiger partial charge on any atom is -0.480 e. The summed E-state index contributed by atoms with van der Waals surface area (Å²) in [6.07, 6.45) is 1.45. The number of carboxylic acid groups (broad SMARTS) is 1. The van der Waals surface area contributed by atoms with Gasteiger partial charge in [0.1, 0.15) is 17.9 Å². The van der Waals surface area contributed by atoms with Crippen LogP contribution in [0.3, 0.4) is 0 Å². The van der Waals surface area contributed by atoms with Crippen LogP contribution in [0, 0.1) is 35.4 Å². The number of ether oxygens (including phenoxy) is 1. The molecule has 0 aromatic heterocycles. The number of likely N-dealkylation sites (N-methyl/N-ethyl adjacent to an activating group) is 2. The van der Waals surface area contributed by atoms with Crippen LogP contribution in [0.2, 0.25) is 0 Å². The van der Waals surface area contributed by atoms with Gasteiger partial charge in [-0.05, 0) is 61.3 Å². The number of hydrogen-bond donors (Lipinski definition) is 4. The van der Waals surface area contributed by atoms with Crippen molar-refractivity contribution in [1.82, 2.24) is 25.8 Å². The number of carbonyl (C=O) groups is 5. The Kier molecular flexibility index (Phi) is 17.7. The summed E-state index contributed by atoms with van der Waals surface area (Å²) in [5.41, 5.74) is 0.453. The maximum absolute atomic E-state index is 14.1. The second-order valence-corrected chi connectivity index (χ2v) is 15.2. The van der Waals surface area contributed by atoms with E-state index in [0.717, 1.165) is 12.8 Å². The van der Waals surface area contributed by atoms with Crippen molar-refractivity contribution in [2.24, 2.45) is 29.6 Å². The van der Waals surface area contributed by atoms with Crippen LogP contribution in [0.1, 0.15) is 86.6 Å². The van der Waals surface area contributed by atoms with E-state index in [4.69, 9.17) is 4.74 Å². The number of carboxylic acids is 1. The molecule has 0 aliphatic carbocycles. The number of likely N-dealkylation sites (tertiary alicyclic amines) is 1. The molecule has 1 fully saturated rings. The summed E-state index contributed by atoms with van der Waals surface area (Å²) in [4.78, 5) is 70.1. The summed E-state index contributed by atoms with van der Waals surface area (Å²) < 4.78 is 19.7. The fourth-order valence-corrected chi connectivity index (χ4v) is 7.39. The molecule has 2 rings (SSSR count).